The molecule has 0 saturated heterocycles. The Labute approximate surface area is 101 Å². The maximum atomic E-state index is 5.89. The average Bonchev–Trinajstić information content (AvgIpc) is 2.47. The zero-order chi connectivity index (χ0) is 11.0. The van der Waals surface area contributed by atoms with Crippen molar-refractivity contribution in [3.8, 4) is 5.69 Å². The zero-order valence-corrected chi connectivity index (χ0v) is 10.4. The summed E-state index contributed by atoms with van der Waals surface area (Å²) in [7, 11) is 0. The highest BCUT2D eigenvalue weighted by Crippen LogP contribution is 2.26. The average molecular weight is 287 g/mol. The van der Waals surface area contributed by atoms with Crippen molar-refractivity contribution in [1.82, 2.24) is 9.78 Å². The van der Waals surface area contributed by atoms with Gasteiger partial charge in [-0.25, -0.2) is 4.68 Å². The van der Waals surface area contributed by atoms with Gasteiger partial charge in [-0.05, 0) is 47.1 Å². The highest BCUT2D eigenvalue weighted by atomic mass is 79.9. The van der Waals surface area contributed by atoms with Crippen molar-refractivity contribution in [3.63, 3.8) is 0 Å². The lowest BCUT2D eigenvalue weighted by molar-refractivity contribution is 0.872. The number of rotatable bonds is 1. The normalized spacial score (nSPS) is 10.6. The summed E-state index contributed by atoms with van der Waals surface area (Å²) in [6.07, 6.45) is 0. The molecule has 0 radical (unpaired) electrons. The van der Waals surface area contributed by atoms with Gasteiger partial charge in [-0.2, -0.15) is 5.10 Å². The summed E-state index contributed by atoms with van der Waals surface area (Å²) in [5, 5.41) is 5.01. The van der Waals surface area contributed by atoms with Crippen LogP contribution in [-0.4, -0.2) is 9.78 Å². The van der Waals surface area contributed by atoms with Gasteiger partial charge in [0, 0.05) is 5.02 Å². The Kier molecular flexibility index (Phi) is 2.71. The highest BCUT2D eigenvalue weighted by Gasteiger charge is 2.10. The second-order valence-electron chi connectivity index (χ2n) is 3.17. The predicted octanol–water partition coefficient (Wildman–Crippen LogP) is 3.18. The summed E-state index contributed by atoms with van der Waals surface area (Å²) in [4.78, 5) is 0. The number of halogens is 2. The lowest BCUT2D eigenvalue weighted by atomic mass is 10.3. The highest BCUT2D eigenvalue weighted by molar-refractivity contribution is 9.10. The van der Waals surface area contributed by atoms with Gasteiger partial charge in [0.25, 0.3) is 0 Å². The summed E-state index contributed by atoms with van der Waals surface area (Å²) >= 11 is 9.18. The van der Waals surface area contributed by atoms with Crippen molar-refractivity contribution in [2.24, 2.45) is 0 Å². The van der Waals surface area contributed by atoms with Crippen molar-refractivity contribution in [2.45, 2.75) is 6.92 Å². The Morgan fingerprint density at radius 1 is 1.33 bits per heavy atom. The van der Waals surface area contributed by atoms with Gasteiger partial charge in [-0.3, -0.25) is 0 Å². The van der Waals surface area contributed by atoms with E-state index in [-0.39, 0.29) is 0 Å². The van der Waals surface area contributed by atoms with Crippen LogP contribution in [0.25, 0.3) is 5.69 Å². The van der Waals surface area contributed by atoms with Crippen LogP contribution in [0.3, 0.4) is 0 Å². The minimum Gasteiger partial charge on any atom is -0.383 e. The van der Waals surface area contributed by atoms with Crippen LogP contribution >= 0.6 is 27.5 Å². The molecule has 0 aliphatic carbocycles. The van der Waals surface area contributed by atoms with Crippen LogP contribution in [0.15, 0.2) is 28.7 Å². The zero-order valence-electron chi connectivity index (χ0n) is 8.04. The Morgan fingerprint density at radius 3 is 2.40 bits per heavy atom. The number of benzene rings is 1. The van der Waals surface area contributed by atoms with E-state index in [1.54, 1.807) is 16.8 Å². The van der Waals surface area contributed by atoms with E-state index < -0.39 is 0 Å². The number of aryl methyl sites for hydroxylation is 1. The number of hydrogen-bond donors (Lipinski definition) is 1. The van der Waals surface area contributed by atoms with E-state index in [1.165, 1.54) is 0 Å². The van der Waals surface area contributed by atoms with Crippen molar-refractivity contribution in [1.29, 1.82) is 0 Å². The smallest absolute Gasteiger partial charge is 0.141 e. The second kappa shape index (κ2) is 3.87. The SMILES string of the molecule is Cc1nn(-c2ccc(Cl)cc2)c(N)c1Br. The molecule has 0 aliphatic rings. The molecular weight excluding hydrogens is 277 g/mol. The molecule has 2 aromatic rings. The van der Waals surface area contributed by atoms with Crippen LogP contribution in [0.1, 0.15) is 5.69 Å². The van der Waals surface area contributed by atoms with Crippen LogP contribution in [0, 0.1) is 6.92 Å². The first-order chi connectivity index (χ1) is 7.09. The molecule has 0 aliphatic heterocycles. The minimum atomic E-state index is 0.592. The number of nitrogens with two attached hydrogens (primary N) is 1. The Hall–Kier alpha value is -1.00. The Bertz CT molecular complexity index is 490. The van der Waals surface area contributed by atoms with Gasteiger partial charge in [0.1, 0.15) is 5.82 Å². The molecule has 1 aromatic heterocycles. The van der Waals surface area contributed by atoms with E-state index in [0.717, 1.165) is 15.9 Å². The molecule has 3 nitrogen and oxygen atoms in total. The van der Waals surface area contributed by atoms with E-state index in [9.17, 15) is 0 Å². The van der Waals surface area contributed by atoms with Gasteiger partial charge < -0.3 is 5.73 Å². The fraction of sp³-hybridized carbons (Fsp3) is 0.100. The summed E-state index contributed by atoms with van der Waals surface area (Å²) < 4.78 is 2.51. The lowest BCUT2D eigenvalue weighted by Crippen LogP contribution is -2.01. The van der Waals surface area contributed by atoms with Crippen LogP contribution in [0.4, 0.5) is 5.82 Å². The molecule has 0 spiro atoms. The number of aromatic nitrogens is 2. The molecule has 0 bridgehead atoms. The quantitative estimate of drug-likeness (QED) is 0.875. The van der Waals surface area contributed by atoms with E-state index >= 15 is 0 Å². The van der Waals surface area contributed by atoms with Gasteiger partial charge in [0.2, 0.25) is 0 Å². The molecule has 78 valence electrons. The molecule has 0 amide bonds. The molecule has 1 aromatic carbocycles. The summed E-state index contributed by atoms with van der Waals surface area (Å²) in [5.41, 5.74) is 7.65. The number of nitrogens with zero attached hydrogens (tertiary/aromatic N) is 2. The maximum Gasteiger partial charge on any atom is 0.141 e. The van der Waals surface area contributed by atoms with E-state index in [0.29, 0.717) is 10.8 Å². The summed E-state index contributed by atoms with van der Waals surface area (Å²) in [5.74, 6) is 0.592. The first kappa shape index (κ1) is 10.5. The van der Waals surface area contributed by atoms with Gasteiger partial charge in [0.15, 0.2) is 0 Å². The standard InChI is InChI=1S/C10H9BrClN3/c1-6-9(11)10(13)15(14-6)8-4-2-7(12)3-5-8/h2-5H,13H2,1H3. The maximum absolute atomic E-state index is 5.89. The molecular formula is C10H9BrClN3. The molecule has 15 heavy (non-hydrogen) atoms. The molecule has 5 heteroatoms. The number of anilines is 1. The topological polar surface area (TPSA) is 43.8 Å². The number of hydrogen-bond acceptors (Lipinski definition) is 2. The van der Waals surface area contributed by atoms with Crippen LogP contribution < -0.4 is 5.73 Å². The van der Waals surface area contributed by atoms with E-state index in [4.69, 9.17) is 17.3 Å². The fourth-order valence-corrected chi connectivity index (χ4v) is 1.68. The first-order valence-corrected chi connectivity index (χ1v) is 5.53. The molecule has 2 rings (SSSR count). The lowest BCUT2D eigenvalue weighted by Gasteiger charge is -2.03. The van der Waals surface area contributed by atoms with Gasteiger partial charge in [0.05, 0.1) is 15.9 Å². The van der Waals surface area contributed by atoms with Gasteiger partial charge in [-0.1, -0.05) is 11.6 Å². The van der Waals surface area contributed by atoms with E-state index in [1.807, 2.05) is 19.1 Å². The molecule has 0 atom stereocenters. The monoisotopic (exact) mass is 285 g/mol. The predicted molar refractivity (Wildman–Crippen MR) is 65.4 cm³/mol. The van der Waals surface area contributed by atoms with Crippen LogP contribution in [-0.2, 0) is 0 Å². The van der Waals surface area contributed by atoms with Crippen LogP contribution in [0.2, 0.25) is 5.02 Å². The number of nitrogen functional groups attached to an aromatic ring is 1. The molecule has 2 N–H and O–H groups in total. The van der Waals surface area contributed by atoms with Crippen molar-refractivity contribution in [3.05, 3.63) is 39.5 Å². The minimum absolute atomic E-state index is 0.592. The van der Waals surface area contributed by atoms with Crippen molar-refractivity contribution >= 4 is 33.3 Å². The summed E-state index contributed by atoms with van der Waals surface area (Å²) in [6, 6.07) is 7.36. The van der Waals surface area contributed by atoms with Crippen molar-refractivity contribution in [2.75, 3.05) is 5.73 Å². The van der Waals surface area contributed by atoms with Crippen LogP contribution in [0.5, 0.6) is 0 Å². The van der Waals surface area contributed by atoms with E-state index in [2.05, 4.69) is 21.0 Å². The van der Waals surface area contributed by atoms with Gasteiger partial charge >= 0.3 is 0 Å². The Balaban J connectivity index is 2.54. The van der Waals surface area contributed by atoms with Crippen molar-refractivity contribution < 1.29 is 0 Å². The summed E-state index contributed by atoms with van der Waals surface area (Å²) in [6.45, 7) is 1.90. The third-order valence-corrected chi connectivity index (χ3v) is 3.32. The molecule has 0 fully saturated rings. The second-order valence-corrected chi connectivity index (χ2v) is 4.40. The first-order valence-electron chi connectivity index (χ1n) is 4.36. The third kappa shape index (κ3) is 1.87. The largest absolute Gasteiger partial charge is 0.383 e. The molecule has 0 saturated carbocycles. The third-order valence-electron chi connectivity index (χ3n) is 2.09. The van der Waals surface area contributed by atoms with Gasteiger partial charge in [-0.15, -0.1) is 0 Å². The molecule has 1 heterocycles. The Morgan fingerprint density at radius 2 is 1.93 bits per heavy atom. The molecule has 0 unspecified atom stereocenters. The fourth-order valence-electron chi connectivity index (χ4n) is 1.31.